The molecular formula is C15H14FNOS. The van der Waals surface area contributed by atoms with Crippen LogP contribution in [0.5, 0.6) is 0 Å². The Bertz CT molecular complexity index is 596. The molecule has 19 heavy (non-hydrogen) atoms. The van der Waals surface area contributed by atoms with Gasteiger partial charge in [0, 0.05) is 16.7 Å². The van der Waals surface area contributed by atoms with Gasteiger partial charge in [0.1, 0.15) is 5.82 Å². The zero-order valence-electron chi connectivity index (χ0n) is 10.7. The number of aryl methyl sites for hydroxylation is 1. The Morgan fingerprint density at radius 1 is 1.16 bits per heavy atom. The molecule has 0 spiro atoms. The van der Waals surface area contributed by atoms with Crippen molar-refractivity contribution in [3.8, 4) is 0 Å². The molecule has 0 fully saturated rings. The third kappa shape index (κ3) is 3.83. The van der Waals surface area contributed by atoms with E-state index in [1.165, 1.54) is 36.4 Å². The molecule has 2 rings (SSSR count). The number of amides is 1. The summed E-state index contributed by atoms with van der Waals surface area (Å²) >= 11 is 1.42. The largest absolute Gasteiger partial charge is 0.325 e. The van der Waals surface area contributed by atoms with Gasteiger partial charge in [0.15, 0.2) is 0 Å². The van der Waals surface area contributed by atoms with Crippen LogP contribution in [0.3, 0.4) is 0 Å². The van der Waals surface area contributed by atoms with Gasteiger partial charge >= 0.3 is 0 Å². The van der Waals surface area contributed by atoms with Crippen molar-refractivity contribution in [2.24, 2.45) is 0 Å². The van der Waals surface area contributed by atoms with Gasteiger partial charge in [0.05, 0.1) is 5.69 Å². The first-order valence-electron chi connectivity index (χ1n) is 5.86. The Labute approximate surface area is 116 Å². The molecule has 0 radical (unpaired) electrons. The summed E-state index contributed by atoms with van der Waals surface area (Å²) in [6.45, 7) is 3.45. The van der Waals surface area contributed by atoms with E-state index in [4.69, 9.17) is 0 Å². The maximum atomic E-state index is 13.3. The lowest BCUT2D eigenvalue weighted by atomic mass is 10.2. The van der Waals surface area contributed by atoms with E-state index in [-0.39, 0.29) is 11.7 Å². The topological polar surface area (TPSA) is 29.1 Å². The molecule has 1 N–H and O–H groups in total. The van der Waals surface area contributed by atoms with E-state index >= 15 is 0 Å². The quantitative estimate of drug-likeness (QED) is 0.907. The van der Waals surface area contributed by atoms with Gasteiger partial charge in [0.25, 0.3) is 0 Å². The molecule has 98 valence electrons. The van der Waals surface area contributed by atoms with E-state index in [1.54, 1.807) is 6.07 Å². The van der Waals surface area contributed by atoms with Crippen LogP contribution in [-0.4, -0.2) is 5.91 Å². The summed E-state index contributed by atoms with van der Waals surface area (Å²) in [7, 11) is 0. The molecule has 4 heteroatoms. The molecule has 0 atom stereocenters. The number of anilines is 1. The highest BCUT2D eigenvalue weighted by atomic mass is 32.2. The highest BCUT2D eigenvalue weighted by Gasteiger charge is 2.07. The van der Waals surface area contributed by atoms with E-state index in [2.05, 4.69) is 5.32 Å². The first-order valence-corrected chi connectivity index (χ1v) is 6.68. The van der Waals surface area contributed by atoms with Crippen LogP contribution in [0.4, 0.5) is 10.1 Å². The molecule has 0 aliphatic heterocycles. The molecule has 2 nitrogen and oxygen atoms in total. The van der Waals surface area contributed by atoms with Crippen LogP contribution in [0.2, 0.25) is 0 Å². The SMILES string of the molecule is CC(=O)Nc1ccc(F)cc1Sc1ccc(C)cc1. The lowest BCUT2D eigenvalue weighted by Gasteiger charge is -2.10. The fourth-order valence-corrected chi connectivity index (χ4v) is 2.53. The first kappa shape index (κ1) is 13.6. The average molecular weight is 275 g/mol. The van der Waals surface area contributed by atoms with Crippen LogP contribution in [-0.2, 0) is 4.79 Å². The number of nitrogens with one attached hydrogen (secondary N) is 1. The predicted molar refractivity (Wildman–Crippen MR) is 76.0 cm³/mol. The zero-order valence-corrected chi connectivity index (χ0v) is 11.6. The smallest absolute Gasteiger partial charge is 0.221 e. The van der Waals surface area contributed by atoms with Crippen LogP contribution in [0, 0.1) is 12.7 Å². The fraction of sp³-hybridized carbons (Fsp3) is 0.133. The number of rotatable bonds is 3. The number of carbonyl (C=O) groups excluding carboxylic acids is 1. The second kappa shape index (κ2) is 5.89. The number of hydrogen-bond donors (Lipinski definition) is 1. The maximum absolute atomic E-state index is 13.3. The van der Waals surface area contributed by atoms with E-state index in [0.29, 0.717) is 10.6 Å². The molecule has 0 saturated carbocycles. The summed E-state index contributed by atoms with van der Waals surface area (Å²) < 4.78 is 13.3. The van der Waals surface area contributed by atoms with Crippen molar-refractivity contribution in [2.45, 2.75) is 23.6 Å². The number of halogens is 1. The number of carbonyl (C=O) groups is 1. The number of benzene rings is 2. The Hall–Kier alpha value is -1.81. The Morgan fingerprint density at radius 2 is 1.84 bits per heavy atom. The van der Waals surface area contributed by atoms with Gasteiger partial charge in [-0.25, -0.2) is 4.39 Å². The minimum Gasteiger partial charge on any atom is -0.325 e. The molecular weight excluding hydrogens is 261 g/mol. The Balaban J connectivity index is 2.29. The monoisotopic (exact) mass is 275 g/mol. The van der Waals surface area contributed by atoms with Gasteiger partial charge in [-0.15, -0.1) is 0 Å². The van der Waals surface area contributed by atoms with Crippen molar-refractivity contribution in [3.63, 3.8) is 0 Å². The lowest BCUT2D eigenvalue weighted by Crippen LogP contribution is -2.06. The summed E-state index contributed by atoms with van der Waals surface area (Å²) in [4.78, 5) is 12.8. The molecule has 0 aliphatic rings. The van der Waals surface area contributed by atoms with E-state index in [0.717, 1.165) is 4.90 Å². The minimum atomic E-state index is -0.316. The highest BCUT2D eigenvalue weighted by Crippen LogP contribution is 2.34. The van der Waals surface area contributed by atoms with Crippen molar-refractivity contribution >= 4 is 23.4 Å². The third-order valence-corrected chi connectivity index (χ3v) is 3.57. The summed E-state index contributed by atoms with van der Waals surface area (Å²) in [6.07, 6.45) is 0. The van der Waals surface area contributed by atoms with Crippen LogP contribution in [0.1, 0.15) is 12.5 Å². The molecule has 0 aliphatic carbocycles. The third-order valence-electron chi connectivity index (χ3n) is 2.50. The van der Waals surface area contributed by atoms with Gasteiger partial charge in [-0.1, -0.05) is 29.5 Å². The Kier molecular flexibility index (Phi) is 4.22. The second-order valence-electron chi connectivity index (χ2n) is 4.24. The molecule has 0 aromatic heterocycles. The molecule has 0 heterocycles. The predicted octanol–water partition coefficient (Wildman–Crippen LogP) is 4.24. The zero-order chi connectivity index (χ0) is 13.8. The van der Waals surface area contributed by atoms with E-state index in [9.17, 15) is 9.18 Å². The van der Waals surface area contributed by atoms with Crippen LogP contribution < -0.4 is 5.32 Å². The van der Waals surface area contributed by atoms with Crippen LogP contribution in [0.15, 0.2) is 52.3 Å². The van der Waals surface area contributed by atoms with Gasteiger partial charge in [-0.05, 0) is 37.3 Å². The fourth-order valence-electron chi connectivity index (χ4n) is 1.61. The van der Waals surface area contributed by atoms with Gasteiger partial charge < -0.3 is 5.32 Å². The summed E-state index contributed by atoms with van der Waals surface area (Å²) in [5.74, 6) is -0.485. The van der Waals surface area contributed by atoms with Gasteiger partial charge in [-0.3, -0.25) is 4.79 Å². The average Bonchev–Trinajstić information content (AvgIpc) is 2.35. The highest BCUT2D eigenvalue weighted by molar-refractivity contribution is 7.99. The molecule has 0 unspecified atom stereocenters. The molecule has 2 aromatic carbocycles. The van der Waals surface area contributed by atoms with Crippen molar-refractivity contribution in [1.82, 2.24) is 0 Å². The molecule has 0 saturated heterocycles. The van der Waals surface area contributed by atoms with Crippen LogP contribution >= 0.6 is 11.8 Å². The normalized spacial score (nSPS) is 10.3. The van der Waals surface area contributed by atoms with Crippen molar-refractivity contribution in [2.75, 3.05) is 5.32 Å². The van der Waals surface area contributed by atoms with Gasteiger partial charge in [0.2, 0.25) is 5.91 Å². The molecule has 0 bridgehead atoms. The second-order valence-corrected chi connectivity index (χ2v) is 5.35. The van der Waals surface area contributed by atoms with Crippen LogP contribution in [0.25, 0.3) is 0 Å². The Morgan fingerprint density at radius 3 is 2.47 bits per heavy atom. The van der Waals surface area contributed by atoms with E-state index < -0.39 is 0 Å². The van der Waals surface area contributed by atoms with Gasteiger partial charge in [-0.2, -0.15) is 0 Å². The standard InChI is InChI=1S/C15H14FNOS/c1-10-3-6-13(7-4-10)19-15-9-12(16)5-8-14(15)17-11(2)18/h3-9H,1-2H3,(H,17,18). The van der Waals surface area contributed by atoms with Crippen molar-refractivity contribution in [1.29, 1.82) is 0 Å². The molecule has 1 amide bonds. The molecule has 2 aromatic rings. The first-order chi connectivity index (χ1) is 9.04. The maximum Gasteiger partial charge on any atom is 0.221 e. The van der Waals surface area contributed by atoms with Crippen molar-refractivity contribution < 1.29 is 9.18 Å². The number of hydrogen-bond acceptors (Lipinski definition) is 2. The van der Waals surface area contributed by atoms with Crippen molar-refractivity contribution in [3.05, 3.63) is 53.8 Å². The summed E-state index contributed by atoms with van der Waals surface area (Å²) in [5.41, 5.74) is 1.80. The minimum absolute atomic E-state index is 0.169. The summed E-state index contributed by atoms with van der Waals surface area (Å²) in [6, 6.07) is 12.3. The van der Waals surface area contributed by atoms with E-state index in [1.807, 2.05) is 31.2 Å². The lowest BCUT2D eigenvalue weighted by molar-refractivity contribution is -0.114. The summed E-state index contributed by atoms with van der Waals surface area (Å²) in [5, 5.41) is 2.71.